The lowest BCUT2D eigenvalue weighted by Gasteiger charge is -2.04. The maximum absolute atomic E-state index is 5.41. The standard InChI is InChI=1S/C19H22N2O4.2ClH/c1(6-20-10-14-2-4-16-18(8-14)24-12-22-16)7-21-11-15-3-5-17-19(9-15)25-13-23-17;;/h2-5,8-9,20-21H,1,6-7,10-13H2;2*1H. The highest BCUT2D eigenvalue weighted by atomic mass is 35.5. The highest BCUT2D eigenvalue weighted by molar-refractivity contribution is 5.44. The number of benzene rings is 2. The van der Waals surface area contributed by atoms with E-state index in [0.29, 0.717) is 13.6 Å². The van der Waals surface area contributed by atoms with E-state index in [1.54, 1.807) is 0 Å². The molecule has 0 aliphatic carbocycles. The Morgan fingerprint density at radius 1 is 0.630 bits per heavy atom. The minimum atomic E-state index is 0. The Hall–Kier alpha value is -1.86. The summed E-state index contributed by atoms with van der Waals surface area (Å²) in [5.74, 6) is 3.43. The summed E-state index contributed by atoms with van der Waals surface area (Å²) in [5, 5.41) is 4.68. The van der Waals surface area contributed by atoms with E-state index in [9.17, 15) is 0 Å². The summed E-state index contributed by atoms with van der Waals surface area (Å²) in [6.45, 7) is 4.85. The Bertz CT molecular complexity index is 684. The minimum Gasteiger partial charge on any atom is -1.00 e. The van der Waals surface area contributed by atoms with E-state index in [4.69, 9.17) is 18.9 Å². The minimum absolute atomic E-state index is 0. The number of ether oxygens (including phenoxy) is 4. The molecule has 0 spiro atoms. The summed E-state index contributed by atoms with van der Waals surface area (Å²) in [4.78, 5) is 0. The molecule has 0 fully saturated rings. The first kappa shape index (κ1) is 21.4. The van der Waals surface area contributed by atoms with Gasteiger partial charge in [0.2, 0.25) is 13.6 Å². The molecule has 2 aromatic carbocycles. The van der Waals surface area contributed by atoms with Gasteiger partial charge >= 0.3 is 0 Å². The van der Waals surface area contributed by atoms with E-state index in [1.165, 1.54) is 17.5 Å². The van der Waals surface area contributed by atoms with Gasteiger partial charge in [-0.05, 0) is 36.4 Å². The summed E-state index contributed by atoms with van der Waals surface area (Å²) in [6.07, 6.45) is 1.18. The van der Waals surface area contributed by atoms with Crippen molar-refractivity contribution < 1.29 is 54.4 Å². The number of rotatable bonds is 8. The molecule has 4 rings (SSSR count). The van der Waals surface area contributed by atoms with Crippen LogP contribution in [0.2, 0.25) is 0 Å². The Morgan fingerprint density at radius 3 is 1.56 bits per heavy atom. The van der Waals surface area contributed by atoms with E-state index < -0.39 is 0 Å². The van der Waals surface area contributed by atoms with Crippen molar-refractivity contribution in [2.75, 3.05) is 26.7 Å². The first-order valence-corrected chi connectivity index (χ1v) is 8.79. The molecule has 6 nitrogen and oxygen atoms in total. The number of hydrogen-bond acceptors (Lipinski definition) is 4. The van der Waals surface area contributed by atoms with Crippen LogP contribution >= 0.6 is 0 Å². The van der Waals surface area contributed by atoms with E-state index in [0.717, 1.165) is 49.2 Å². The first-order valence-electron chi connectivity index (χ1n) is 8.79. The molecule has 4 N–H and O–H groups in total. The zero-order valence-corrected chi connectivity index (χ0v) is 16.5. The second-order valence-electron chi connectivity index (χ2n) is 6.29. The maximum Gasteiger partial charge on any atom is 0.231 e. The normalized spacial score (nSPS) is 13.0. The maximum atomic E-state index is 5.41. The topological polar surface area (TPSA) is 70.1 Å². The van der Waals surface area contributed by atoms with Crippen LogP contribution in [0.3, 0.4) is 0 Å². The fourth-order valence-corrected chi connectivity index (χ4v) is 3.08. The molecular weight excluding hydrogens is 391 g/mol. The van der Waals surface area contributed by atoms with E-state index in [1.807, 2.05) is 12.1 Å². The van der Waals surface area contributed by atoms with Gasteiger partial charge in [-0.25, -0.2) is 0 Å². The van der Waals surface area contributed by atoms with Crippen molar-refractivity contribution in [2.45, 2.75) is 19.5 Å². The molecule has 27 heavy (non-hydrogen) atoms. The van der Waals surface area contributed by atoms with Crippen LogP contribution in [0.5, 0.6) is 23.0 Å². The average molecular weight is 415 g/mol. The van der Waals surface area contributed by atoms with Crippen LogP contribution in [-0.2, 0) is 13.1 Å². The summed E-state index contributed by atoms with van der Waals surface area (Å²) >= 11 is 0. The van der Waals surface area contributed by atoms with Crippen molar-refractivity contribution in [2.24, 2.45) is 0 Å². The quantitative estimate of drug-likeness (QED) is 0.422. The monoisotopic (exact) mass is 414 g/mol. The third kappa shape index (κ3) is 5.56. The SMILES string of the molecule is [Cl-].[Cl-].c1cc2c(cc1C[NH2+]CCC[NH2+]Cc1ccc3c(c1)OCO3)OCO2. The van der Waals surface area contributed by atoms with E-state index in [2.05, 4.69) is 34.9 Å². The van der Waals surface area contributed by atoms with Gasteiger partial charge in [0.1, 0.15) is 13.1 Å². The predicted octanol–water partition coefficient (Wildman–Crippen LogP) is -5.63. The van der Waals surface area contributed by atoms with Gasteiger partial charge in [-0.15, -0.1) is 0 Å². The molecule has 148 valence electrons. The molecule has 0 radical (unpaired) electrons. The first-order chi connectivity index (χ1) is 12.4. The molecule has 8 heteroatoms. The molecule has 2 aromatic rings. The summed E-state index contributed by atoms with van der Waals surface area (Å²) in [5.41, 5.74) is 2.54. The van der Waals surface area contributed by atoms with Crippen LogP contribution in [-0.4, -0.2) is 26.7 Å². The molecule has 0 saturated heterocycles. The number of hydrogen-bond donors (Lipinski definition) is 2. The van der Waals surface area contributed by atoms with Gasteiger partial charge in [-0.3, -0.25) is 0 Å². The Balaban J connectivity index is 0.00000131. The van der Waals surface area contributed by atoms with E-state index in [-0.39, 0.29) is 24.8 Å². The van der Waals surface area contributed by atoms with E-state index >= 15 is 0 Å². The predicted molar refractivity (Wildman–Crippen MR) is 90.7 cm³/mol. The number of quaternary nitrogens is 2. The highest BCUT2D eigenvalue weighted by Crippen LogP contribution is 2.32. The van der Waals surface area contributed by atoms with Gasteiger partial charge < -0.3 is 54.4 Å². The van der Waals surface area contributed by atoms with Crippen LogP contribution in [0.15, 0.2) is 36.4 Å². The molecule has 0 unspecified atom stereocenters. The van der Waals surface area contributed by atoms with Gasteiger partial charge in [-0.1, -0.05) is 0 Å². The van der Waals surface area contributed by atoms with Crippen molar-refractivity contribution >= 4 is 0 Å². The van der Waals surface area contributed by atoms with Crippen LogP contribution < -0.4 is 54.4 Å². The van der Waals surface area contributed by atoms with Crippen molar-refractivity contribution in [3.05, 3.63) is 47.5 Å². The van der Waals surface area contributed by atoms with Gasteiger partial charge in [-0.2, -0.15) is 0 Å². The van der Waals surface area contributed by atoms with Gasteiger partial charge in [0.25, 0.3) is 0 Å². The molecule has 2 aliphatic rings. The number of fused-ring (bicyclic) bond motifs is 2. The van der Waals surface area contributed by atoms with Gasteiger partial charge in [0.05, 0.1) is 13.1 Å². The van der Waals surface area contributed by atoms with Gasteiger partial charge in [0.15, 0.2) is 23.0 Å². The van der Waals surface area contributed by atoms with Crippen LogP contribution in [0, 0.1) is 0 Å². The molecule has 0 atom stereocenters. The summed E-state index contributed by atoms with van der Waals surface area (Å²) in [6, 6.07) is 12.3. The second kappa shape index (κ2) is 10.5. The molecule has 2 heterocycles. The van der Waals surface area contributed by atoms with Crippen molar-refractivity contribution in [1.29, 1.82) is 0 Å². The lowest BCUT2D eigenvalue weighted by molar-refractivity contribution is -0.695. The average Bonchev–Trinajstić information content (AvgIpc) is 3.29. The molecule has 0 bridgehead atoms. The van der Waals surface area contributed by atoms with Crippen molar-refractivity contribution in [3.8, 4) is 23.0 Å². The lowest BCUT2D eigenvalue weighted by Crippen LogP contribution is -3.00. The number of halogens is 2. The molecule has 0 aromatic heterocycles. The number of nitrogens with two attached hydrogens (primary N) is 2. The Morgan fingerprint density at radius 2 is 1.07 bits per heavy atom. The zero-order chi connectivity index (χ0) is 16.9. The van der Waals surface area contributed by atoms with Crippen LogP contribution in [0.4, 0.5) is 0 Å². The Labute approximate surface area is 171 Å². The van der Waals surface area contributed by atoms with Crippen LogP contribution in [0.25, 0.3) is 0 Å². The lowest BCUT2D eigenvalue weighted by atomic mass is 10.2. The van der Waals surface area contributed by atoms with Crippen LogP contribution in [0.1, 0.15) is 17.5 Å². The molecule has 2 aliphatic heterocycles. The molecular formula is C19H24Cl2N2O4. The largest absolute Gasteiger partial charge is 1.00 e. The molecule has 0 amide bonds. The van der Waals surface area contributed by atoms with Crippen molar-refractivity contribution in [3.63, 3.8) is 0 Å². The third-order valence-electron chi connectivity index (χ3n) is 4.45. The second-order valence-corrected chi connectivity index (χ2v) is 6.29. The van der Waals surface area contributed by atoms with Crippen molar-refractivity contribution in [1.82, 2.24) is 0 Å². The highest BCUT2D eigenvalue weighted by Gasteiger charge is 2.14. The molecule has 0 saturated carbocycles. The zero-order valence-electron chi connectivity index (χ0n) is 15.0. The fourth-order valence-electron chi connectivity index (χ4n) is 3.08. The Kier molecular flexibility index (Phi) is 8.31. The third-order valence-corrected chi connectivity index (χ3v) is 4.45. The summed E-state index contributed by atoms with van der Waals surface area (Å²) < 4.78 is 21.5. The summed E-state index contributed by atoms with van der Waals surface area (Å²) in [7, 11) is 0. The van der Waals surface area contributed by atoms with Gasteiger partial charge in [0, 0.05) is 17.5 Å². The fraction of sp³-hybridized carbons (Fsp3) is 0.368. The smallest absolute Gasteiger partial charge is 0.231 e.